The van der Waals surface area contributed by atoms with Gasteiger partial charge in [0.25, 0.3) is 0 Å². The highest BCUT2D eigenvalue weighted by molar-refractivity contribution is 5.98. The van der Waals surface area contributed by atoms with Gasteiger partial charge in [0, 0.05) is 19.2 Å². The number of hydrogen-bond donors (Lipinski definition) is 2. The van der Waals surface area contributed by atoms with E-state index in [1.54, 1.807) is 7.05 Å². The van der Waals surface area contributed by atoms with Crippen molar-refractivity contribution < 1.29 is 0 Å². The molecular formula is C11H17N3. The number of aryl methyl sites for hydroxylation is 1. The average molecular weight is 191 g/mol. The Labute approximate surface area is 85.0 Å². The largest absolute Gasteiger partial charge is 0.384 e. The molecule has 0 saturated carbocycles. The van der Waals surface area contributed by atoms with Crippen LogP contribution in [0.2, 0.25) is 0 Å². The summed E-state index contributed by atoms with van der Waals surface area (Å²) in [4.78, 5) is 3.97. The van der Waals surface area contributed by atoms with E-state index in [4.69, 9.17) is 5.73 Å². The number of amidine groups is 1. The summed E-state index contributed by atoms with van der Waals surface area (Å²) in [6.07, 6.45) is 0. The molecule has 0 bridgehead atoms. The maximum Gasteiger partial charge on any atom is 0.125 e. The lowest BCUT2D eigenvalue weighted by molar-refractivity contribution is 0.817. The highest BCUT2D eigenvalue weighted by atomic mass is 14.8. The van der Waals surface area contributed by atoms with Gasteiger partial charge in [-0.25, -0.2) is 0 Å². The standard InChI is InChI=1S/C11H17N3/c1-8-6-9(7-13-2)4-5-10(8)11(12)14-3/h4-6,13H,7H2,1-3H3,(H2,12,14). The Morgan fingerprint density at radius 3 is 2.71 bits per heavy atom. The van der Waals surface area contributed by atoms with E-state index >= 15 is 0 Å². The number of hydrogen-bond acceptors (Lipinski definition) is 2. The molecule has 3 nitrogen and oxygen atoms in total. The van der Waals surface area contributed by atoms with Crippen LogP contribution in [0.1, 0.15) is 16.7 Å². The van der Waals surface area contributed by atoms with E-state index < -0.39 is 0 Å². The molecule has 0 aliphatic heterocycles. The molecule has 0 unspecified atom stereocenters. The summed E-state index contributed by atoms with van der Waals surface area (Å²) >= 11 is 0. The fraction of sp³-hybridized carbons (Fsp3) is 0.364. The molecule has 0 saturated heterocycles. The van der Waals surface area contributed by atoms with Crippen LogP contribution in [0.5, 0.6) is 0 Å². The molecule has 76 valence electrons. The monoisotopic (exact) mass is 191 g/mol. The van der Waals surface area contributed by atoms with Crippen LogP contribution in [0.25, 0.3) is 0 Å². The molecule has 0 atom stereocenters. The van der Waals surface area contributed by atoms with Crippen LogP contribution in [0, 0.1) is 6.92 Å². The molecule has 0 aliphatic rings. The summed E-state index contributed by atoms with van der Waals surface area (Å²) in [5, 5.41) is 3.11. The maximum atomic E-state index is 5.75. The second-order valence-corrected chi connectivity index (χ2v) is 3.29. The highest BCUT2D eigenvalue weighted by Crippen LogP contribution is 2.10. The van der Waals surface area contributed by atoms with Crippen LogP contribution in [0.4, 0.5) is 0 Å². The Bertz CT molecular complexity index is 342. The van der Waals surface area contributed by atoms with Gasteiger partial charge in [0.15, 0.2) is 0 Å². The third kappa shape index (κ3) is 2.33. The first-order valence-electron chi connectivity index (χ1n) is 4.65. The first-order chi connectivity index (χ1) is 6.69. The van der Waals surface area contributed by atoms with Crippen molar-refractivity contribution in [1.82, 2.24) is 5.32 Å². The quantitative estimate of drug-likeness (QED) is 0.554. The van der Waals surface area contributed by atoms with Gasteiger partial charge in [-0.1, -0.05) is 18.2 Å². The van der Waals surface area contributed by atoms with Crippen molar-refractivity contribution in [3.63, 3.8) is 0 Å². The van der Waals surface area contributed by atoms with Gasteiger partial charge < -0.3 is 11.1 Å². The minimum Gasteiger partial charge on any atom is -0.384 e. The van der Waals surface area contributed by atoms with Crippen molar-refractivity contribution in [3.8, 4) is 0 Å². The zero-order valence-corrected chi connectivity index (χ0v) is 8.96. The van der Waals surface area contributed by atoms with Gasteiger partial charge >= 0.3 is 0 Å². The van der Waals surface area contributed by atoms with Crippen LogP contribution in [0.3, 0.4) is 0 Å². The molecule has 0 spiro atoms. The molecule has 0 aliphatic carbocycles. The van der Waals surface area contributed by atoms with E-state index in [0.717, 1.165) is 12.1 Å². The number of aliphatic imine (C=N–C) groups is 1. The molecule has 0 fully saturated rings. The van der Waals surface area contributed by atoms with Crippen molar-refractivity contribution in [2.75, 3.05) is 14.1 Å². The number of benzene rings is 1. The van der Waals surface area contributed by atoms with Crippen LogP contribution in [0.15, 0.2) is 23.2 Å². The van der Waals surface area contributed by atoms with Gasteiger partial charge in [0.05, 0.1) is 0 Å². The Morgan fingerprint density at radius 2 is 2.21 bits per heavy atom. The minimum atomic E-state index is 0.596. The van der Waals surface area contributed by atoms with Crippen molar-refractivity contribution in [1.29, 1.82) is 0 Å². The Hall–Kier alpha value is -1.35. The van der Waals surface area contributed by atoms with Gasteiger partial charge in [0.2, 0.25) is 0 Å². The molecule has 3 N–H and O–H groups in total. The van der Waals surface area contributed by atoms with Gasteiger partial charge in [-0.15, -0.1) is 0 Å². The third-order valence-electron chi connectivity index (χ3n) is 2.19. The van der Waals surface area contributed by atoms with Crippen molar-refractivity contribution in [2.45, 2.75) is 13.5 Å². The molecule has 1 aromatic carbocycles. The van der Waals surface area contributed by atoms with E-state index in [-0.39, 0.29) is 0 Å². The summed E-state index contributed by atoms with van der Waals surface area (Å²) in [5.74, 6) is 0.596. The predicted octanol–water partition coefficient (Wildman–Crippen LogP) is 1.05. The topological polar surface area (TPSA) is 50.4 Å². The van der Waals surface area contributed by atoms with Crippen LogP contribution >= 0.6 is 0 Å². The fourth-order valence-corrected chi connectivity index (χ4v) is 1.45. The molecule has 0 amide bonds. The van der Waals surface area contributed by atoms with Gasteiger partial charge in [-0.3, -0.25) is 4.99 Å². The lowest BCUT2D eigenvalue weighted by atomic mass is 10.0. The Morgan fingerprint density at radius 1 is 1.50 bits per heavy atom. The lowest BCUT2D eigenvalue weighted by Crippen LogP contribution is -2.15. The molecular weight excluding hydrogens is 174 g/mol. The summed E-state index contributed by atoms with van der Waals surface area (Å²) in [7, 11) is 3.64. The molecule has 0 radical (unpaired) electrons. The normalized spacial score (nSPS) is 11.8. The van der Waals surface area contributed by atoms with E-state index in [1.165, 1.54) is 11.1 Å². The Balaban J connectivity index is 3.01. The van der Waals surface area contributed by atoms with E-state index in [9.17, 15) is 0 Å². The zero-order chi connectivity index (χ0) is 10.6. The number of rotatable bonds is 3. The molecule has 14 heavy (non-hydrogen) atoms. The van der Waals surface area contributed by atoms with Crippen molar-refractivity contribution >= 4 is 5.84 Å². The van der Waals surface area contributed by atoms with Crippen LogP contribution in [-0.2, 0) is 6.54 Å². The summed E-state index contributed by atoms with van der Waals surface area (Å²) in [5.41, 5.74) is 9.20. The van der Waals surface area contributed by atoms with Gasteiger partial charge in [-0.2, -0.15) is 0 Å². The maximum absolute atomic E-state index is 5.75. The Kier molecular flexibility index (Phi) is 3.65. The lowest BCUT2D eigenvalue weighted by Gasteiger charge is -2.07. The third-order valence-corrected chi connectivity index (χ3v) is 2.19. The van der Waals surface area contributed by atoms with Gasteiger partial charge in [0.1, 0.15) is 5.84 Å². The minimum absolute atomic E-state index is 0.596. The molecule has 1 rings (SSSR count). The fourth-order valence-electron chi connectivity index (χ4n) is 1.45. The number of nitrogens with two attached hydrogens (primary N) is 1. The smallest absolute Gasteiger partial charge is 0.125 e. The summed E-state index contributed by atoms with van der Waals surface area (Å²) < 4.78 is 0. The first-order valence-corrected chi connectivity index (χ1v) is 4.65. The molecule has 0 aromatic heterocycles. The predicted molar refractivity (Wildman–Crippen MR) is 60.6 cm³/mol. The molecule has 3 heteroatoms. The SMILES string of the molecule is CN=C(N)c1ccc(CNC)cc1C. The van der Waals surface area contributed by atoms with Gasteiger partial charge in [-0.05, 0) is 25.1 Å². The van der Waals surface area contributed by atoms with Crippen molar-refractivity contribution in [2.24, 2.45) is 10.7 Å². The zero-order valence-electron chi connectivity index (χ0n) is 8.96. The highest BCUT2D eigenvalue weighted by Gasteiger charge is 2.02. The summed E-state index contributed by atoms with van der Waals surface area (Å²) in [6, 6.07) is 6.21. The first kappa shape index (κ1) is 10.7. The number of nitrogens with zero attached hydrogens (tertiary/aromatic N) is 1. The second-order valence-electron chi connectivity index (χ2n) is 3.29. The van der Waals surface area contributed by atoms with Crippen LogP contribution < -0.4 is 11.1 Å². The van der Waals surface area contributed by atoms with Crippen molar-refractivity contribution in [3.05, 3.63) is 34.9 Å². The van der Waals surface area contributed by atoms with E-state index in [0.29, 0.717) is 5.84 Å². The van der Waals surface area contributed by atoms with E-state index in [2.05, 4.69) is 22.4 Å². The average Bonchev–Trinajstić information content (AvgIpc) is 2.17. The molecule has 1 aromatic rings. The second kappa shape index (κ2) is 4.77. The van der Waals surface area contributed by atoms with Crippen LogP contribution in [-0.4, -0.2) is 19.9 Å². The summed E-state index contributed by atoms with van der Waals surface area (Å²) in [6.45, 7) is 2.93. The molecule has 0 heterocycles. The van der Waals surface area contributed by atoms with E-state index in [1.807, 2.05) is 20.0 Å². The number of nitrogens with one attached hydrogen (secondary N) is 1.